The number of nitrogens with zero attached hydrogens (tertiary/aromatic N) is 3. The fourth-order valence-corrected chi connectivity index (χ4v) is 6.53. The van der Waals surface area contributed by atoms with Crippen molar-refractivity contribution in [3.05, 3.63) is 119 Å². The first-order chi connectivity index (χ1) is 21.7. The molecule has 0 saturated heterocycles. The Morgan fingerprint density at radius 2 is 1.84 bits per heavy atom. The molecule has 0 unspecified atom stereocenters. The van der Waals surface area contributed by atoms with Gasteiger partial charge in [-0.2, -0.15) is 0 Å². The van der Waals surface area contributed by atoms with Gasteiger partial charge in [0.15, 0.2) is 4.80 Å². The highest BCUT2D eigenvalue weighted by Gasteiger charge is 2.36. The summed E-state index contributed by atoms with van der Waals surface area (Å²) in [6.07, 6.45) is 1.58. The Morgan fingerprint density at radius 3 is 2.58 bits per heavy atom. The maximum absolute atomic E-state index is 14.2. The summed E-state index contributed by atoms with van der Waals surface area (Å²) >= 11 is 1.15. The van der Waals surface area contributed by atoms with Gasteiger partial charge in [-0.3, -0.25) is 19.5 Å². The molecule has 1 aliphatic heterocycles. The molecule has 0 spiro atoms. The van der Waals surface area contributed by atoms with Crippen LogP contribution in [0.25, 0.3) is 28.2 Å². The molecule has 3 aromatic carbocycles. The summed E-state index contributed by atoms with van der Waals surface area (Å²) in [4.78, 5) is 43.6. The molecule has 2 aromatic heterocycles. The van der Waals surface area contributed by atoms with Crippen LogP contribution in [0.4, 0.5) is 5.69 Å². The predicted molar refractivity (Wildman–Crippen MR) is 168 cm³/mol. The SMILES string of the molecule is CCOC(=O)C1=C(C)N=c2s/c(=C/c3ccc(-c4cc([N+](=O)[O-])ccc4OC)o3)c(=O)n2[C@@H]1c1c(OC)ccc2ccccc12. The minimum Gasteiger partial charge on any atom is -0.496 e. The zero-order valence-electron chi connectivity index (χ0n) is 24.7. The summed E-state index contributed by atoms with van der Waals surface area (Å²) in [6, 6.07) is 18.1. The maximum atomic E-state index is 14.2. The Hall–Kier alpha value is -5.49. The van der Waals surface area contributed by atoms with Gasteiger partial charge in [-0.05, 0) is 48.9 Å². The van der Waals surface area contributed by atoms with Crippen LogP contribution < -0.4 is 24.4 Å². The van der Waals surface area contributed by atoms with Crippen molar-refractivity contribution in [1.29, 1.82) is 0 Å². The molecule has 228 valence electrons. The highest BCUT2D eigenvalue weighted by molar-refractivity contribution is 7.07. The van der Waals surface area contributed by atoms with E-state index in [0.29, 0.717) is 49.2 Å². The lowest BCUT2D eigenvalue weighted by atomic mass is 9.90. The number of non-ortho nitro benzene ring substituents is 1. The summed E-state index contributed by atoms with van der Waals surface area (Å²) < 4.78 is 24.4. The van der Waals surface area contributed by atoms with E-state index >= 15 is 0 Å². The summed E-state index contributed by atoms with van der Waals surface area (Å²) in [7, 11) is 3.01. The van der Waals surface area contributed by atoms with Crippen molar-refractivity contribution in [3.8, 4) is 22.8 Å². The number of nitro benzene ring substituents is 1. The average Bonchev–Trinajstić information content (AvgIpc) is 3.63. The molecule has 0 amide bonds. The first-order valence-corrected chi connectivity index (χ1v) is 14.7. The minimum absolute atomic E-state index is 0.117. The number of carbonyl (C=O) groups is 1. The number of fused-ring (bicyclic) bond motifs is 2. The number of rotatable bonds is 8. The molecule has 0 aliphatic carbocycles. The molecule has 0 radical (unpaired) electrons. The third-order valence-electron chi connectivity index (χ3n) is 7.50. The number of hydrogen-bond donors (Lipinski definition) is 0. The van der Waals surface area contributed by atoms with E-state index in [9.17, 15) is 19.7 Å². The van der Waals surface area contributed by atoms with Gasteiger partial charge >= 0.3 is 5.97 Å². The lowest BCUT2D eigenvalue weighted by Gasteiger charge is -2.27. The van der Waals surface area contributed by atoms with E-state index in [1.165, 1.54) is 29.9 Å². The van der Waals surface area contributed by atoms with Crippen molar-refractivity contribution in [2.24, 2.45) is 4.99 Å². The predicted octanol–water partition coefficient (Wildman–Crippen LogP) is 5.14. The van der Waals surface area contributed by atoms with Gasteiger partial charge in [0.2, 0.25) is 0 Å². The second-order valence-corrected chi connectivity index (χ2v) is 11.1. The number of carbonyl (C=O) groups excluding carboxylic acids is 1. The molecule has 5 aromatic rings. The van der Waals surface area contributed by atoms with Crippen LogP contribution in [-0.2, 0) is 9.53 Å². The standard InChI is InChI=1S/C33H27N3O8S/c1-5-43-32(38)28-18(2)34-33-35(30(28)29-22-9-7-6-8-19(22)10-13-26(29)42-4)31(37)27(45-33)17-21-12-15-25(44-21)23-16-20(36(39)40)11-14-24(23)41-3/h6-17,30H,5H2,1-4H3/b27-17+/t30-/m0/s1. The van der Waals surface area contributed by atoms with Crippen LogP contribution >= 0.6 is 11.3 Å². The molecule has 12 heteroatoms. The molecule has 3 heterocycles. The lowest BCUT2D eigenvalue weighted by molar-refractivity contribution is -0.384. The number of thiazole rings is 1. The third-order valence-corrected chi connectivity index (χ3v) is 8.48. The number of allylic oxidation sites excluding steroid dienone is 1. The van der Waals surface area contributed by atoms with Crippen molar-refractivity contribution < 1.29 is 28.3 Å². The molecule has 11 nitrogen and oxygen atoms in total. The number of benzene rings is 3. The van der Waals surface area contributed by atoms with Crippen LogP contribution in [0.2, 0.25) is 0 Å². The second kappa shape index (κ2) is 11.9. The number of aromatic nitrogens is 1. The van der Waals surface area contributed by atoms with E-state index in [0.717, 1.165) is 22.1 Å². The van der Waals surface area contributed by atoms with Gasteiger partial charge in [-0.15, -0.1) is 0 Å². The van der Waals surface area contributed by atoms with Gasteiger partial charge in [0.25, 0.3) is 11.2 Å². The number of methoxy groups -OCH3 is 2. The Balaban J connectivity index is 1.55. The first kappa shape index (κ1) is 29.6. The Kier molecular flexibility index (Phi) is 7.81. The number of furan rings is 1. The van der Waals surface area contributed by atoms with E-state index in [2.05, 4.69) is 4.99 Å². The molecule has 0 saturated carbocycles. The molecular weight excluding hydrogens is 598 g/mol. The molecule has 0 bridgehead atoms. The van der Waals surface area contributed by atoms with E-state index in [-0.39, 0.29) is 23.4 Å². The second-order valence-electron chi connectivity index (χ2n) is 10.0. The van der Waals surface area contributed by atoms with E-state index in [4.69, 9.17) is 18.6 Å². The summed E-state index contributed by atoms with van der Waals surface area (Å²) in [5, 5.41) is 13.1. The minimum atomic E-state index is -0.884. The van der Waals surface area contributed by atoms with Gasteiger partial charge in [0.1, 0.15) is 29.1 Å². The average molecular weight is 626 g/mol. The number of hydrogen-bond acceptors (Lipinski definition) is 10. The van der Waals surface area contributed by atoms with Crippen LogP contribution in [0.5, 0.6) is 11.5 Å². The third kappa shape index (κ3) is 5.18. The lowest BCUT2D eigenvalue weighted by Crippen LogP contribution is -2.40. The molecule has 6 rings (SSSR count). The molecule has 1 atom stereocenters. The Bertz CT molecular complexity index is 2210. The van der Waals surface area contributed by atoms with Crippen LogP contribution in [0.3, 0.4) is 0 Å². The fourth-order valence-electron chi connectivity index (χ4n) is 5.51. The van der Waals surface area contributed by atoms with Crippen molar-refractivity contribution >= 4 is 39.8 Å². The van der Waals surface area contributed by atoms with Crippen molar-refractivity contribution in [2.75, 3.05) is 20.8 Å². The van der Waals surface area contributed by atoms with Gasteiger partial charge in [0, 0.05) is 23.8 Å². The molecule has 1 aliphatic rings. The smallest absolute Gasteiger partial charge is 0.338 e. The van der Waals surface area contributed by atoms with Crippen LogP contribution in [0.15, 0.2) is 92.2 Å². The van der Waals surface area contributed by atoms with E-state index in [1.54, 1.807) is 39.2 Å². The molecule has 45 heavy (non-hydrogen) atoms. The monoisotopic (exact) mass is 625 g/mol. The zero-order chi connectivity index (χ0) is 31.8. The van der Waals surface area contributed by atoms with E-state index < -0.39 is 16.9 Å². The summed E-state index contributed by atoms with van der Waals surface area (Å²) in [6.45, 7) is 3.59. The topological polar surface area (TPSA) is 135 Å². The van der Waals surface area contributed by atoms with Gasteiger partial charge in [-0.25, -0.2) is 9.79 Å². The quantitative estimate of drug-likeness (QED) is 0.131. The van der Waals surface area contributed by atoms with Crippen LogP contribution in [0.1, 0.15) is 31.2 Å². The molecule has 0 fully saturated rings. The number of ether oxygens (including phenoxy) is 3. The number of nitro groups is 1. The number of esters is 1. The van der Waals surface area contributed by atoms with Gasteiger partial charge in [0.05, 0.1) is 47.1 Å². The van der Waals surface area contributed by atoms with Crippen molar-refractivity contribution in [3.63, 3.8) is 0 Å². The maximum Gasteiger partial charge on any atom is 0.338 e. The van der Waals surface area contributed by atoms with Gasteiger partial charge < -0.3 is 18.6 Å². The highest BCUT2D eigenvalue weighted by Crippen LogP contribution is 2.40. The normalized spacial score (nSPS) is 14.7. The van der Waals surface area contributed by atoms with Crippen molar-refractivity contribution in [2.45, 2.75) is 19.9 Å². The van der Waals surface area contributed by atoms with E-state index in [1.807, 2.05) is 36.4 Å². The summed E-state index contributed by atoms with van der Waals surface area (Å²) in [5.41, 5.74) is 1.19. The Morgan fingerprint density at radius 1 is 1.09 bits per heavy atom. The van der Waals surface area contributed by atoms with Crippen LogP contribution in [0, 0.1) is 10.1 Å². The molecule has 0 N–H and O–H groups in total. The molecular formula is C33H27N3O8S. The Labute approximate surface area is 260 Å². The first-order valence-electron chi connectivity index (χ1n) is 13.9. The zero-order valence-corrected chi connectivity index (χ0v) is 25.5. The summed E-state index contributed by atoms with van der Waals surface area (Å²) in [5.74, 6) is 0.991. The largest absolute Gasteiger partial charge is 0.496 e. The highest BCUT2D eigenvalue weighted by atomic mass is 32.1. The fraction of sp³-hybridized carbons (Fsp3) is 0.182. The van der Waals surface area contributed by atoms with Gasteiger partial charge in [-0.1, -0.05) is 41.7 Å². The van der Waals surface area contributed by atoms with Crippen molar-refractivity contribution in [1.82, 2.24) is 4.57 Å². The van der Waals surface area contributed by atoms with Crippen LogP contribution in [-0.4, -0.2) is 36.3 Å².